The minimum atomic E-state index is -0.0204. The van der Waals surface area contributed by atoms with Crippen LogP contribution in [0.1, 0.15) is 106 Å². The fourth-order valence-electron chi connectivity index (χ4n) is 5.02. The Morgan fingerprint density at radius 2 is 0.872 bits per heavy atom. The smallest absolute Gasteiger partial charge is 0.0996 e. The zero-order valence-electron chi connectivity index (χ0n) is 25.9. The Morgan fingerprint density at radius 3 is 1.15 bits per heavy atom. The Labute approximate surface area is 233 Å². The van der Waals surface area contributed by atoms with Crippen LogP contribution in [0, 0.1) is 0 Å². The lowest BCUT2D eigenvalue weighted by atomic mass is 9.84. The number of rotatable bonds is 2. The van der Waals surface area contributed by atoms with E-state index in [1.807, 2.05) is 12.7 Å². The van der Waals surface area contributed by atoms with Crippen molar-refractivity contribution in [3.05, 3.63) is 71.8 Å². The Bertz CT molecular complexity index is 1550. The third kappa shape index (κ3) is 4.92. The number of benzene rings is 2. The summed E-state index contributed by atoms with van der Waals surface area (Å²) < 4.78 is 4.37. The molecule has 0 unspecified atom stereocenters. The second kappa shape index (κ2) is 8.58. The average Bonchev–Trinajstić information content (AvgIpc) is 3.53. The molecule has 2 aromatic carbocycles. The van der Waals surface area contributed by atoms with E-state index in [4.69, 9.17) is 9.97 Å². The quantitative estimate of drug-likeness (QED) is 0.251. The lowest BCUT2D eigenvalue weighted by Gasteiger charge is -2.22. The van der Waals surface area contributed by atoms with Gasteiger partial charge in [-0.05, 0) is 46.2 Å². The van der Waals surface area contributed by atoms with Crippen molar-refractivity contribution in [3.8, 4) is 11.4 Å². The molecule has 0 aliphatic heterocycles. The molecule has 5 heteroatoms. The van der Waals surface area contributed by atoms with Gasteiger partial charge in [0, 0.05) is 34.0 Å². The van der Waals surface area contributed by atoms with E-state index >= 15 is 0 Å². The maximum Gasteiger partial charge on any atom is 0.0996 e. The van der Waals surface area contributed by atoms with Crippen molar-refractivity contribution >= 4 is 21.8 Å². The highest BCUT2D eigenvalue weighted by Crippen LogP contribution is 2.40. The Balaban J connectivity index is 1.88. The molecule has 0 saturated carbocycles. The van der Waals surface area contributed by atoms with Gasteiger partial charge in [0.15, 0.2) is 0 Å². The van der Waals surface area contributed by atoms with E-state index in [1.54, 1.807) is 0 Å². The van der Waals surface area contributed by atoms with Gasteiger partial charge in [-0.15, -0.1) is 0 Å². The number of aromatic nitrogens is 5. The van der Waals surface area contributed by atoms with Crippen LogP contribution in [0.4, 0.5) is 0 Å². The maximum atomic E-state index is 4.79. The molecule has 0 radical (unpaired) electrons. The van der Waals surface area contributed by atoms with Gasteiger partial charge in [0.1, 0.15) is 0 Å². The number of nitrogens with zero attached hydrogens (tertiary/aromatic N) is 4. The Morgan fingerprint density at radius 1 is 0.513 bits per heavy atom. The summed E-state index contributed by atoms with van der Waals surface area (Å²) >= 11 is 0. The fourth-order valence-corrected chi connectivity index (χ4v) is 5.02. The molecule has 0 fully saturated rings. The van der Waals surface area contributed by atoms with E-state index in [2.05, 4.69) is 134 Å². The summed E-state index contributed by atoms with van der Waals surface area (Å²) in [5.74, 6) is 0. The summed E-state index contributed by atoms with van der Waals surface area (Å²) in [6.45, 7) is 27.0. The molecule has 3 aromatic heterocycles. The van der Waals surface area contributed by atoms with E-state index in [0.717, 1.165) is 33.8 Å². The van der Waals surface area contributed by atoms with Gasteiger partial charge in [0.05, 0.1) is 46.5 Å². The molecule has 3 heterocycles. The number of nitrogens with one attached hydrogen (secondary N) is 1. The summed E-state index contributed by atoms with van der Waals surface area (Å²) in [7, 11) is 0. The van der Waals surface area contributed by atoms with Crippen molar-refractivity contribution < 1.29 is 0 Å². The second-order valence-corrected chi connectivity index (χ2v) is 15.3. The van der Waals surface area contributed by atoms with Crippen LogP contribution in [-0.4, -0.2) is 24.1 Å². The third-order valence-electron chi connectivity index (χ3n) is 7.77. The van der Waals surface area contributed by atoms with Gasteiger partial charge < -0.3 is 14.1 Å². The number of imidazole rings is 2. The summed E-state index contributed by atoms with van der Waals surface area (Å²) in [4.78, 5) is 13.4. The molecule has 206 valence electrons. The third-order valence-corrected chi connectivity index (χ3v) is 7.77. The SMILES string of the molecule is CC(C)(C)c1cc(-n2cnc(C(C)(C)C)c2)c2[nH]c3c(-n4cnc(C(C)(C)C)c4)cc(C(C)(C)C)cc3c2c1. The van der Waals surface area contributed by atoms with E-state index in [9.17, 15) is 0 Å². The van der Waals surface area contributed by atoms with Gasteiger partial charge in [-0.3, -0.25) is 0 Å². The van der Waals surface area contributed by atoms with Gasteiger partial charge in [0.25, 0.3) is 0 Å². The average molecular weight is 524 g/mol. The van der Waals surface area contributed by atoms with Crippen molar-refractivity contribution in [2.45, 2.75) is 105 Å². The molecule has 0 saturated heterocycles. The first-order chi connectivity index (χ1) is 17.8. The number of hydrogen-bond donors (Lipinski definition) is 1. The van der Waals surface area contributed by atoms with Crippen LogP contribution in [0.3, 0.4) is 0 Å². The van der Waals surface area contributed by atoms with Crippen LogP contribution < -0.4 is 0 Å². The minimum Gasteiger partial charge on any atom is -0.351 e. The highest BCUT2D eigenvalue weighted by Gasteiger charge is 2.25. The van der Waals surface area contributed by atoms with Crippen molar-refractivity contribution in [1.29, 1.82) is 0 Å². The minimum absolute atomic E-state index is 0.00357. The standard InChI is InChI=1S/C34H45N5/c1-31(2,3)21-13-23-24-14-22(32(4,5)6)16-26(39-18-28(36-20-39)34(10,11)12)30(24)37-29(23)25(15-21)38-17-27(35-19-38)33(7,8)9/h13-20,37H,1-12H3. The van der Waals surface area contributed by atoms with Crippen molar-refractivity contribution in [2.75, 3.05) is 0 Å². The van der Waals surface area contributed by atoms with E-state index in [0.29, 0.717) is 0 Å². The first-order valence-electron chi connectivity index (χ1n) is 14.1. The van der Waals surface area contributed by atoms with Crippen LogP contribution in [0.5, 0.6) is 0 Å². The van der Waals surface area contributed by atoms with Crippen molar-refractivity contribution in [3.63, 3.8) is 0 Å². The van der Waals surface area contributed by atoms with Crippen LogP contribution in [0.2, 0.25) is 0 Å². The van der Waals surface area contributed by atoms with Crippen molar-refractivity contribution in [1.82, 2.24) is 24.1 Å². The fraction of sp³-hybridized carbons (Fsp3) is 0.471. The number of aromatic amines is 1. The lowest BCUT2D eigenvalue weighted by Crippen LogP contribution is -2.12. The van der Waals surface area contributed by atoms with Crippen LogP contribution in [0.15, 0.2) is 49.3 Å². The molecule has 5 nitrogen and oxygen atoms in total. The molecule has 0 bridgehead atoms. The zero-order chi connectivity index (χ0) is 28.7. The molecule has 0 amide bonds. The monoisotopic (exact) mass is 523 g/mol. The Kier molecular flexibility index (Phi) is 5.99. The molecule has 1 N–H and O–H groups in total. The molecule has 39 heavy (non-hydrogen) atoms. The number of fused-ring (bicyclic) bond motifs is 3. The van der Waals surface area contributed by atoms with E-state index in [1.165, 1.54) is 21.9 Å². The normalized spacial score (nSPS) is 13.6. The molecular weight excluding hydrogens is 478 g/mol. The Hall–Kier alpha value is -3.34. The molecule has 0 atom stereocenters. The summed E-state index contributed by atoms with van der Waals surface area (Å²) in [6.07, 6.45) is 8.28. The van der Waals surface area contributed by atoms with E-state index in [-0.39, 0.29) is 21.7 Å². The molecule has 0 aliphatic rings. The van der Waals surface area contributed by atoms with Crippen LogP contribution >= 0.6 is 0 Å². The first kappa shape index (κ1) is 27.2. The molecule has 5 rings (SSSR count). The molecular formula is C34H45N5. The molecule has 0 spiro atoms. The number of hydrogen-bond acceptors (Lipinski definition) is 2. The predicted molar refractivity (Wildman–Crippen MR) is 165 cm³/mol. The number of H-pyrrole nitrogens is 1. The maximum absolute atomic E-state index is 4.79. The summed E-state index contributed by atoms with van der Waals surface area (Å²) in [6, 6.07) is 9.41. The summed E-state index contributed by atoms with van der Waals surface area (Å²) in [5.41, 5.74) is 9.22. The first-order valence-corrected chi connectivity index (χ1v) is 14.1. The molecule has 0 aliphatic carbocycles. The van der Waals surface area contributed by atoms with Gasteiger partial charge in [-0.25, -0.2) is 9.97 Å². The van der Waals surface area contributed by atoms with E-state index < -0.39 is 0 Å². The highest BCUT2D eigenvalue weighted by molar-refractivity contribution is 6.12. The summed E-state index contributed by atoms with van der Waals surface area (Å²) in [5, 5.41) is 2.48. The highest BCUT2D eigenvalue weighted by atomic mass is 15.1. The lowest BCUT2D eigenvalue weighted by molar-refractivity contribution is 0.572. The molecule has 5 aromatic rings. The topological polar surface area (TPSA) is 51.4 Å². The zero-order valence-corrected chi connectivity index (χ0v) is 25.9. The van der Waals surface area contributed by atoms with Gasteiger partial charge in [0.2, 0.25) is 0 Å². The second-order valence-electron chi connectivity index (χ2n) is 15.3. The van der Waals surface area contributed by atoms with Gasteiger partial charge >= 0.3 is 0 Å². The largest absolute Gasteiger partial charge is 0.351 e. The van der Waals surface area contributed by atoms with Gasteiger partial charge in [-0.2, -0.15) is 0 Å². The van der Waals surface area contributed by atoms with Gasteiger partial charge in [-0.1, -0.05) is 83.1 Å². The predicted octanol–water partition coefficient (Wildman–Crippen LogP) is 8.88. The van der Waals surface area contributed by atoms with Crippen LogP contribution in [0.25, 0.3) is 33.2 Å². The van der Waals surface area contributed by atoms with Crippen LogP contribution in [-0.2, 0) is 21.7 Å². The van der Waals surface area contributed by atoms with Crippen molar-refractivity contribution in [2.24, 2.45) is 0 Å².